The van der Waals surface area contributed by atoms with Gasteiger partial charge < -0.3 is 20.2 Å². The Labute approximate surface area is 105 Å². The van der Waals surface area contributed by atoms with E-state index < -0.39 is 18.0 Å². The van der Waals surface area contributed by atoms with Gasteiger partial charge in [0.05, 0.1) is 6.54 Å². The Bertz CT molecular complexity index is 425. The first-order chi connectivity index (χ1) is 8.40. The molecule has 1 aromatic rings. The molecule has 0 aliphatic rings. The summed E-state index contributed by atoms with van der Waals surface area (Å²) < 4.78 is 5.27. The van der Waals surface area contributed by atoms with Crippen molar-refractivity contribution in [2.45, 2.75) is 33.4 Å². The summed E-state index contributed by atoms with van der Waals surface area (Å²) in [6.45, 7) is 5.50. The van der Waals surface area contributed by atoms with Gasteiger partial charge in [-0.25, -0.2) is 9.59 Å². The van der Waals surface area contributed by atoms with E-state index in [4.69, 9.17) is 9.52 Å². The number of aliphatic carboxylic acids is 1. The molecule has 0 saturated heterocycles. The highest BCUT2D eigenvalue weighted by atomic mass is 16.4. The highest BCUT2D eigenvalue weighted by Crippen LogP contribution is 2.05. The number of carbonyl (C=O) groups is 2. The summed E-state index contributed by atoms with van der Waals surface area (Å²) in [7, 11) is 0. The Morgan fingerprint density at radius 1 is 1.39 bits per heavy atom. The minimum Gasteiger partial charge on any atom is -0.480 e. The van der Waals surface area contributed by atoms with Crippen LogP contribution in [0.2, 0.25) is 0 Å². The number of urea groups is 1. The van der Waals surface area contributed by atoms with E-state index in [1.807, 2.05) is 6.92 Å². The summed E-state index contributed by atoms with van der Waals surface area (Å²) in [4.78, 5) is 22.4. The van der Waals surface area contributed by atoms with Crippen LogP contribution < -0.4 is 10.6 Å². The van der Waals surface area contributed by atoms with Crippen molar-refractivity contribution in [3.8, 4) is 0 Å². The Kier molecular flexibility index (Phi) is 4.76. The largest absolute Gasteiger partial charge is 0.480 e. The van der Waals surface area contributed by atoms with Crippen molar-refractivity contribution < 1.29 is 19.1 Å². The molecular formula is C12H18N2O4. The fraction of sp³-hybridized carbons (Fsp3) is 0.500. The van der Waals surface area contributed by atoms with E-state index in [2.05, 4.69) is 10.6 Å². The van der Waals surface area contributed by atoms with E-state index in [1.165, 1.54) is 0 Å². The summed E-state index contributed by atoms with van der Waals surface area (Å²) in [6, 6.07) is 2.13. The third kappa shape index (κ3) is 4.12. The molecule has 0 aliphatic heterocycles. The van der Waals surface area contributed by atoms with Crippen LogP contribution in [-0.2, 0) is 11.3 Å². The molecule has 0 fully saturated rings. The fourth-order valence-corrected chi connectivity index (χ4v) is 1.45. The van der Waals surface area contributed by atoms with Gasteiger partial charge in [-0.1, -0.05) is 13.8 Å². The molecule has 2 amide bonds. The van der Waals surface area contributed by atoms with Crippen LogP contribution in [0.1, 0.15) is 25.4 Å². The lowest BCUT2D eigenvalue weighted by Crippen LogP contribution is -2.48. The number of carbonyl (C=O) groups excluding carboxylic acids is 1. The van der Waals surface area contributed by atoms with Crippen molar-refractivity contribution in [1.29, 1.82) is 0 Å². The van der Waals surface area contributed by atoms with Crippen molar-refractivity contribution in [1.82, 2.24) is 10.6 Å². The van der Waals surface area contributed by atoms with Gasteiger partial charge in [-0.15, -0.1) is 0 Å². The Morgan fingerprint density at radius 3 is 2.50 bits per heavy atom. The van der Waals surface area contributed by atoms with Crippen LogP contribution in [0.25, 0.3) is 0 Å². The second kappa shape index (κ2) is 6.09. The summed E-state index contributed by atoms with van der Waals surface area (Å²) >= 11 is 0. The second-order valence-electron chi connectivity index (χ2n) is 4.40. The maximum absolute atomic E-state index is 11.5. The zero-order chi connectivity index (χ0) is 13.7. The quantitative estimate of drug-likeness (QED) is 0.742. The van der Waals surface area contributed by atoms with Gasteiger partial charge in [0.2, 0.25) is 0 Å². The fourth-order valence-electron chi connectivity index (χ4n) is 1.45. The molecule has 0 spiro atoms. The molecule has 0 unspecified atom stereocenters. The average Bonchev–Trinajstić information content (AvgIpc) is 2.68. The van der Waals surface area contributed by atoms with E-state index in [0.29, 0.717) is 5.76 Å². The minimum absolute atomic E-state index is 0.181. The first-order valence-electron chi connectivity index (χ1n) is 5.72. The first kappa shape index (κ1) is 14.1. The molecule has 1 heterocycles. The predicted octanol–water partition coefficient (Wildman–Crippen LogP) is 1.50. The zero-order valence-electron chi connectivity index (χ0n) is 10.7. The van der Waals surface area contributed by atoms with Gasteiger partial charge in [0, 0.05) is 0 Å². The lowest BCUT2D eigenvalue weighted by atomic mass is 10.1. The molecular weight excluding hydrogens is 236 g/mol. The highest BCUT2D eigenvalue weighted by molar-refractivity contribution is 5.82. The normalized spacial score (nSPS) is 12.2. The standard InChI is InChI=1S/C12H18N2O4/c1-7(2)10(11(15)16)14-12(17)13-6-9-5-4-8(3)18-9/h4-5,7,10H,6H2,1-3H3,(H,15,16)(H2,13,14,17)/t10-/m0/s1. The molecule has 6 heteroatoms. The summed E-state index contributed by atoms with van der Waals surface area (Å²) in [5.41, 5.74) is 0. The topological polar surface area (TPSA) is 91.6 Å². The van der Waals surface area contributed by atoms with Crippen molar-refractivity contribution in [3.63, 3.8) is 0 Å². The van der Waals surface area contributed by atoms with Gasteiger partial charge in [0.1, 0.15) is 17.6 Å². The molecule has 1 rings (SSSR count). The second-order valence-corrected chi connectivity index (χ2v) is 4.40. The van der Waals surface area contributed by atoms with Crippen LogP contribution in [0.5, 0.6) is 0 Å². The van der Waals surface area contributed by atoms with Crippen molar-refractivity contribution in [2.75, 3.05) is 0 Å². The van der Waals surface area contributed by atoms with Gasteiger partial charge in [-0.2, -0.15) is 0 Å². The van der Waals surface area contributed by atoms with Crippen LogP contribution in [0, 0.1) is 12.8 Å². The SMILES string of the molecule is Cc1ccc(CNC(=O)N[C@H](C(=O)O)C(C)C)o1. The molecule has 0 aromatic carbocycles. The Morgan fingerprint density at radius 2 is 2.06 bits per heavy atom. The molecule has 100 valence electrons. The molecule has 1 aromatic heterocycles. The van der Waals surface area contributed by atoms with Crippen LogP contribution in [0.4, 0.5) is 4.79 Å². The molecule has 0 aliphatic carbocycles. The number of carboxylic acid groups (broad SMARTS) is 1. The van der Waals surface area contributed by atoms with Crippen LogP contribution in [-0.4, -0.2) is 23.1 Å². The summed E-state index contributed by atoms with van der Waals surface area (Å²) in [6.07, 6.45) is 0. The van der Waals surface area contributed by atoms with Gasteiger partial charge in [0.25, 0.3) is 0 Å². The maximum Gasteiger partial charge on any atom is 0.326 e. The van der Waals surface area contributed by atoms with Crippen LogP contribution >= 0.6 is 0 Å². The lowest BCUT2D eigenvalue weighted by Gasteiger charge is -2.17. The lowest BCUT2D eigenvalue weighted by molar-refractivity contribution is -0.140. The number of hydrogen-bond donors (Lipinski definition) is 3. The summed E-state index contributed by atoms with van der Waals surface area (Å²) in [5.74, 6) is 0.157. The zero-order valence-corrected chi connectivity index (χ0v) is 10.7. The third-order valence-corrected chi connectivity index (χ3v) is 2.44. The highest BCUT2D eigenvalue weighted by Gasteiger charge is 2.23. The number of aryl methyl sites for hydroxylation is 1. The van der Waals surface area contributed by atoms with Gasteiger partial charge in [-0.05, 0) is 25.0 Å². The number of amides is 2. The number of rotatable bonds is 5. The predicted molar refractivity (Wildman–Crippen MR) is 65.1 cm³/mol. The van der Waals surface area contributed by atoms with Gasteiger partial charge in [0.15, 0.2) is 0 Å². The van der Waals surface area contributed by atoms with Gasteiger partial charge >= 0.3 is 12.0 Å². The van der Waals surface area contributed by atoms with Crippen molar-refractivity contribution in [2.24, 2.45) is 5.92 Å². The Hall–Kier alpha value is -1.98. The van der Waals surface area contributed by atoms with Crippen LogP contribution in [0.3, 0.4) is 0 Å². The molecule has 1 atom stereocenters. The minimum atomic E-state index is -1.05. The molecule has 18 heavy (non-hydrogen) atoms. The smallest absolute Gasteiger partial charge is 0.326 e. The van der Waals surface area contributed by atoms with Crippen molar-refractivity contribution >= 4 is 12.0 Å². The average molecular weight is 254 g/mol. The summed E-state index contributed by atoms with van der Waals surface area (Å²) in [5, 5.41) is 13.9. The monoisotopic (exact) mass is 254 g/mol. The molecule has 0 bridgehead atoms. The van der Waals surface area contributed by atoms with Gasteiger partial charge in [-0.3, -0.25) is 0 Å². The number of carboxylic acids is 1. The first-order valence-corrected chi connectivity index (χ1v) is 5.72. The third-order valence-electron chi connectivity index (χ3n) is 2.44. The maximum atomic E-state index is 11.5. The molecule has 3 N–H and O–H groups in total. The number of hydrogen-bond acceptors (Lipinski definition) is 3. The van der Waals surface area contributed by atoms with Crippen LogP contribution in [0.15, 0.2) is 16.5 Å². The van der Waals surface area contributed by atoms with E-state index in [1.54, 1.807) is 26.0 Å². The van der Waals surface area contributed by atoms with E-state index in [-0.39, 0.29) is 12.5 Å². The van der Waals surface area contributed by atoms with E-state index >= 15 is 0 Å². The van der Waals surface area contributed by atoms with E-state index in [9.17, 15) is 9.59 Å². The van der Waals surface area contributed by atoms with Crippen molar-refractivity contribution in [3.05, 3.63) is 23.7 Å². The van der Waals surface area contributed by atoms with E-state index in [0.717, 1.165) is 5.76 Å². The molecule has 0 saturated carbocycles. The number of furan rings is 1. The molecule has 6 nitrogen and oxygen atoms in total. The molecule has 0 radical (unpaired) electrons. The Balaban J connectivity index is 2.43. The number of nitrogens with one attached hydrogen (secondary N) is 2.